The molecular weight excluding hydrogens is 436 g/mol. The van der Waals surface area contributed by atoms with Crippen molar-refractivity contribution in [2.24, 2.45) is 0 Å². The Morgan fingerprint density at radius 3 is 2.68 bits per heavy atom. The van der Waals surface area contributed by atoms with Gasteiger partial charge in [0.1, 0.15) is 5.52 Å². The van der Waals surface area contributed by atoms with Crippen molar-refractivity contribution >= 4 is 22.8 Å². The molecule has 10 heteroatoms. The molecule has 174 valence electrons. The first-order valence-corrected chi connectivity index (χ1v) is 11.4. The number of rotatable bonds is 5. The van der Waals surface area contributed by atoms with E-state index in [1.807, 2.05) is 36.5 Å². The predicted molar refractivity (Wildman–Crippen MR) is 124 cm³/mol. The van der Waals surface area contributed by atoms with Gasteiger partial charge in [0.25, 0.3) is 11.9 Å². The molecule has 34 heavy (non-hydrogen) atoms. The summed E-state index contributed by atoms with van der Waals surface area (Å²) in [5, 5.41) is 7.46. The lowest BCUT2D eigenvalue weighted by atomic mass is 10.1. The zero-order chi connectivity index (χ0) is 22.9. The summed E-state index contributed by atoms with van der Waals surface area (Å²) in [4.78, 5) is 24.4. The third kappa shape index (κ3) is 4.02. The zero-order valence-electron chi connectivity index (χ0n) is 18.5. The van der Waals surface area contributed by atoms with Crippen molar-refractivity contribution in [3.63, 3.8) is 0 Å². The van der Waals surface area contributed by atoms with Crippen LogP contribution in [0.4, 0.5) is 5.82 Å². The first-order chi connectivity index (χ1) is 16.7. The van der Waals surface area contributed by atoms with Gasteiger partial charge in [-0.25, -0.2) is 9.67 Å². The van der Waals surface area contributed by atoms with E-state index in [9.17, 15) is 4.79 Å². The zero-order valence-corrected chi connectivity index (χ0v) is 18.5. The Bertz CT molecular complexity index is 1310. The lowest BCUT2D eigenvalue weighted by molar-refractivity contribution is 0.0904. The van der Waals surface area contributed by atoms with Crippen LogP contribution in [-0.4, -0.2) is 71.2 Å². The number of anilines is 1. The van der Waals surface area contributed by atoms with E-state index in [2.05, 4.69) is 20.3 Å². The number of benzene rings is 1. The first-order valence-electron chi connectivity index (χ1n) is 11.4. The van der Waals surface area contributed by atoms with E-state index < -0.39 is 0 Å². The van der Waals surface area contributed by atoms with Crippen molar-refractivity contribution in [1.29, 1.82) is 0 Å². The Labute approximate surface area is 195 Å². The standard InChI is InChI=1S/C24H24N6O4/c31-23(26-18-6-9-33-15-18)20-12-19-21(34-20)22(29-7-10-32-11-8-29)28-24(27-19)30-14-17(13-25-30)16-4-2-1-3-5-16/h1-5,12-14,18H,6-11,15H2,(H,26,31). The van der Waals surface area contributed by atoms with Gasteiger partial charge in [-0.3, -0.25) is 4.79 Å². The summed E-state index contributed by atoms with van der Waals surface area (Å²) in [7, 11) is 0. The fourth-order valence-electron chi connectivity index (χ4n) is 4.22. The minimum Gasteiger partial charge on any atom is -0.445 e. The largest absolute Gasteiger partial charge is 0.445 e. The van der Waals surface area contributed by atoms with Gasteiger partial charge in [0.15, 0.2) is 17.2 Å². The van der Waals surface area contributed by atoms with Crippen LogP contribution in [0.3, 0.4) is 0 Å². The number of nitrogens with one attached hydrogen (secondary N) is 1. The van der Waals surface area contributed by atoms with Crippen molar-refractivity contribution < 1.29 is 18.7 Å². The van der Waals surface area contributed by atoms with Crippen LogP contribution in [0.1, 0.15) is 17.0 Å². The monoisotopic (exact) mass is 460 g/mol. The summed E-state index contributed by atoms with van der Waals surface area (Å²) >= 11 is 0. The van der Waals surface area contributed by atoms with Crippen molar-refractivity contribution in [2.45, 2.75) is 12.5 Å². The molecule has 0 aliphatic carbocycles. The molecule has 1 atom stereocenters. The molecule has 6 rings (SSSR count). The molecule has 5 heterocycles. The minimum absolute atomic E-state index is 0.0125. The summed E-state index contributed by atoms with van der Waals surface area (Å²) < 4.78 is 18.5. The van der Waals surface area contributed by atoms with Crippen LogP contribution in [0.15, 0.2) is 53.2 Å². The highest BCUT2D eigenvalue weighted by molar-refractivity contribution is 5.97. The molecule has 1 amide bonds. The smallest absolute Gasteiger partial charge is 0.287 e. The average Bonchev–Trinajstić information content (AvgIpc) is 3.65. The number of furan rings is 1. The van der Waals surface area contributed by atoms with E-state index in [1.54, 1.807) is 16.9 Å². The first kappa shape index (κ1) is 20.8. The number of amides is 1. The number of hydrogen-bond donors (Lipinski definition) is 1. The molecule has 1 unspecified atom stereocenters. The van der Waals surface area contributed by atoms with Crippen LogP contribution < -0.4 is 10.2 Å². The van der Waals surface area contributed by atoms with Crippen LogP contribution in [0.2, 0.25) is 0 Å². The highest BCUT2D eigenvalue weighted by Gasteiger charge is 2.25. The maximum absolute atomic E-state index is 12.8. The molecule has 1 aromatic carbocycles. The number of fused-ring (bicyclic) bond motifs is 1. The number of nitrogens with zero attached hydrogens (tertiary/aromatic N) is 5. The number of aromatic nitrogens is 4. The van der Waals surface area contributed by atoms with E-state index in [-0.39, 0.29) is 17.7 Å². The van der Waals surface area contributed by atoms with E-state index in [0.717, 1.165) is 17.5 Å². The number of ether oxygens (including phenoxy) is 2. The number of carbonyl (C=O) groups is 1. The van der Waals surface area contributed by atoms with Gasteiger partial charge in [-0.1, -0.05) is 30.3 Å². The van der Waals surface area contributed by atoms with Crippen molar-refractivity contribution in [1.82, 2.24) is 25.1 Å². The molecule has 3 aromatic heterocycles. The third-order valence-corrected chi connectivity index (χ3v) is 6.04. The Kier molecular flexibility index (Phi) is 5.44. The molecular formula is C24H24N6O4. The summed E-state index contributed by atoms with van der Waals surface area (Å²) in [5.74, 6) is 0.957. The number of carbonyl (C=O) groups excluding carboxylic acids is 1. The molecule has 2 aliphatic rings. The molecule has 2 aliphatic heterocycles. The topological polar surface area (TPSA) is 108 Å². The maximum Gasteiger partial charge on any atom is 0.287 e. The third-order valence-electron chi connectivity index (χ3n) is 6.04. The van der Waals surface area contributed by atoms with Gasteiger partial charge < -0.3 is 24.1 Å². The van der Waals surface area contributed by atoms with Gasteiger partial charge in [-0.05, 0) is 12.0 Å². The van der Waals surface area contributed by atoms with Gasteiger partial charge in [0, 0.05) is 37.5 Å². The number of morpholine rings is 1. The summed E-state index contributed by atoms with van der Waals surface area (Å²) in [6, 6.07) is 11.7. The van der Waals surface area contributed by atoms with E-state index in [1.165, 1.54) is 0 Å². The molecule has 1 N–H and O–H groups in total. The second-order valence-corrected chi connectivity index (χ2v) is 8.35. The quantitative estimate of drug-likeness (QED) is 0.484. The highest BCUT2D eigenvalue weighted by Crippen LogP contribution is 2.29. The highest BCUT2D eigenvalue weighted by atomic mass is 16.5. The summed E-state index contributed by atoms with van der Waals surface area (Å²) in [5.41, 5.74) is 3.05. The Morgan fingerprint density at radius 2 is 1.88 bits per heavy atom. The van der Waals surface area contributed by atoms with Gasteiger partial charge in [0.2, 0.25) is 0 Å². The van der Waals surface area contributed by atoms with Crippen molar-refractivity contribution in [3.05, 3.63) is 54.6 Å². The number of hydrogen-bond acceptors (Lipinski definition) is 8. The van der Waals surface area contributed by atoms with Crippen LogP contribution >= 0.6 is 0 Å². The molecule has 2 saturated heterocycles. The molecule has 4 aromatic rings. The summed E-state index contributed by atoms with van der Waals surface area (Å²) in [6.07, 6.45) is 4.47. The fraction of sp³-hybridized carbons (Fsp3) is 0.333. The maximum atomic E-state index is 12.8. The summed E-state index contributed by atoms with van der Waals surface area (Å²) in [6.45, 7) is 3.68. The molecule has 2 fully saturated rings. The molecule has 10 nitrogen and oxygen atoms in total. The molecule has 0 spiro atoms. The second-order valence-electron chi connectivity index (χ2n) is 8.35. The molecule has 0 saturated carbocycles. The Balaban J connectivity index is 1.39. The van der Waals surface area contributed by atoms with Crippen molar-refractivity contribution in [2.75, 3.05) is 44.4 Å². The fourth-order valence-corrected chi connectivity index (χ4v) is 4.22. The predicted octanol–water partition coefficient (Wildman–Crippen LogP) is 2.43. The van der Waals surface area contributed by atoms with Crippen LogP contribution in [0, 0.1) is 0 Å². The van der Waals surface area contributed by atoms with Crippen molar-refractivity contribution in [3.8, 4) is 17.1 Å². The van der Waals surface area contributed by atoms with Gasteiger partial charge in [-0.2, -0.15) is 10.1 Å². The second kappa shape index (κ2) is 8.88. The van der Waals surface area contributed by atoms with Gasteiger partial charge in [-0.15, -0.1) is 0 Å². The van der Waals surface area contributed by atoms with E-state index in [4.69, 9.17) is 18.9 Å². The lowest BCUT2D eigenvalue weighted by Gasteiger charge is -2.27. The molecule has 0 bridgehead atoms. The van der Waals surface area contributed by atoms with Crippen LogP contribution in [-0.2, 0) is 9.47 Å². The van der Waals surface area contributed by atoms with E-state index in [0.29, 0.717) is 62.4 Å². The Hall–Kier alpha value is -3.76. The minimum atomic E-state index is -0.284. The van der Waals surface area contributed by atoms with E-state index >= 15 is 0 Å². The molecule has 0 radical (unpaired) electrons. The Morgan fingerprint density at radius 1 is 1.03 bits per heavy atom. The lowest BCUT2D eigenvalue weighted by Crippen LogP contribution is -2.37. The SMILES string of the molecule is O=C(NC1CCOC1)c1cc2nc(-n3cc(-c4ccccc4)cn3)nc(N3CCOCC3)c2o1. The average molecular weight is 460 g/mol. The van der Waals surface area contributed by atoms with Gasteiger partial charge >= 0.3 is 0 Å². The normalized spacial score (nSPS) is 18.5. The van der Waals surface area contributed by atoms with Crippen LogP contribution in [0.5, 0.6) is 0 Å². The van der Waals surface area contributed by atoms with Crippen LogP contribution in [0.25, 0.3) is 28.2 Å². The van der Waals surface area contributed by atoms with Gasteiger partial charge in [0.05, 0.1) is 32.1 Å².